The smallest absolute Gasteiger partial charge is 0.411 e. The Balaban J connectivity index is 1.25. The molecule has 0 saturated carbocycles. The number of urea groups is 1. The van der Waals surface area contributed by atoms with Crippen molar-refractivity contribution in [2.45, 2.75) is 83.7 Å². The van der Waals surface area contributed by atoms with Crippen molar-refractivity contribution in [3.8, 4) is 35.8 Å². The maximum atomic E-state index is 14.4. The van der Waals surface area contributed by atoms with Crippen LogP contribution in [0.3, 0.4) is 0 Å². The van der Waals surface area contributed by atoms with Crippen LogP contribution in [0.4, 0.5) is 20.1 Å². The van der Waals surface area contributed by atoms with E-state index in [0.717, 1.165) is 32.6 Å². The van der Waals surface area contributed by atoms with Crippen molar-refractivity contribution in [2.75, 3.05) is 31.6 Å². The Labute approximate surface area is 423 Å². The van der Waals surface area contributed by atoms with Crippen LogP contribution in [0, 0.1) is 30.6 Å². The van der Waals surface area contributed by atoms with Crippen LogP contribution in [0.2, 0.25) is 5.04 Å². The van der Waals surface area contributed by atoms with Gasteiger partial charge in [0.05, 0.1) is 19.7 Å². The second-order valence-corrected chi connectivity index (χ2v) is 23.2. The second-order valence-electron chi connectivity index (χ2n) is 18.9. The Morgan fingerprint density at radius 3 is 1.90 bits per heavy atom. The zero-order valence-electron chi connectivity index (χ0n) is 41.5. The topological polar surface area (TPSA) is 190 Å². The predicted molar refractivity (Wildman–Crippen MR) is 282 cm³/mol. The number of alkyl carbamates (subject to hydrolysis) is 1. The van der Waals surface area contributed by atoms with Crippen molar-refractivity contribution in [3.63, 3.8) is 0 Å². The number of nitrogens with one attached hydrogen (secondary N) is 4. The highest BCUT2D eigenvalue weighted by Gasteiger charge is 2.50. The molecule has 5 aromatic carbocycles. The molecule has 0 radical (unpaired) electrons. The van der Waals surface area contributed by atoms with Crippen molar-refractivity contribution in [2.24, 2.45) is 11.7 Å². The van der Waals surface area contributed by atoms with Gasteiger partial charge in [0.25, 0.3) is 8.32 Å². The van der Waals surface area contributed by atoms with Gasteiger partial charge >= 0.3 is 18.2 Å². The van der Waals surface area contributed by atoms with Crippen LogP contribution in [0.15, 0.2) is 127 Å². The zero-order valence-corrected chi connectivity index (χ0v) is 42.5. The van der Waals surface area contributed by atoms with Crippen LogP contribution in [0.5, 0.6) is 0 Å². The molecule has 6 N–H and O–H groups in total. The largest absolute Gasteiger partial charge is 0.449 e. The molecule has 0 fully saturated rings. The molecule has 0 spiro atoms. The van der Waals surface area contributed by atoms with Gasteiger partial charge in [0.2, 0.25) is 11.8 Å². The van der Waals surface area contributed by atoms with Crippen LogP contribution >= 0.6 is 0 Å². The first-order chi connectivity index (χ1) is 34.6. The Bertz CT molecular complexity index is 2700. The number of amides is 6. The second kappa shape index (κ2) is 24.8. The van der Waals surface area contributed by atoms with E-state index >= 15 is 0 Å². The molecule has 0 aliphatic heterocycles. The SMILES string of the molecule is C#CCOC(=O)N(CC#C)Cc1cc(NC(=O)[C@H](CCCNC(N)=O)NC(=O)[C@@H](NC(=O)OCC2c3ccccc3-c3ccccc32)C(C)C)ccc1CO[Si](c1ccccc1)(c1ccccc1)C(C)(C)C. The molecule has 6 rings (SSSR count). The van der Waals surface area contributed by atoms with Gasteiger partial charge in [-0.15, -0.1) is 12.8 Å². The van der Waals surface area contributed by atoms with Gasteiger partial charge in [-0.2, -0.15) is 0 Å². The van der Waals surface area contributed by atoms with Crippen LogP contribution in [0.25, 0.3) is 11.1 Å². The number of nitrogens with zero attached hydrogens (tertiary/aromatic N) is 1. The summed E-state index contributed by atoms with van der Waals surface area (Å²) in [6.07, 6.45) is 9.99. The van der Waals surface area contributed by atoms with Crippen molar-refractivity contribution >= 4 is 54.4 Å². The Morgan fingerprint density at radius 2 is 1.35 bits per heavy atom. The fourth-order valence-corrected chi connectivity index (χ4v) is 13.7. The van der Waals surface area contributed by atoms with Crippen molar-refractivity contribution in [3.05, 3.63) is 150 Å². The van der Waals surface area contributed by atoms with Crippen molar-refractivity contribution in [1.29, 1.82) is 0 Å². The van der Waals surface area contributed by atoms with Gasteiger partial charge in [-0.3, -0.25) is 14.5 Å². The van der Waals surface area contributed by atoms with Crippen LogP contribution in [-0.2, 0) is 36.6 Å². The number of benzene rings is 5. The first kappa shape index (κ1) is 53.5. The van der Waals surface area contributed by atoms with E-state index in [0.29, 0.717) is 16.8 Å². The summed E-state index contributed by atoms with van der Waals surface area (Å²) in [5.74, 6) is 3.03. The number of carbonyl (C=O) groups excluding carboxylic acids is 5. The van der Waals surface area contributed by atoms with Crippen LogP contribution < -0.4 is 37.4 Å². The summed E-state index contributed by atoms with van der Waals surface area (Å²) >= 11 is 0. The molecule has 0 unspecified atom stereocenters. The zero-order chi connectivity index (χ0) is 51.8. The molecule has 374 valence electrons. The summed E-state index contributed by atoms with van der Waals surface area (Å²) in [5.41, 5.74) is 11.2. The minimum Gasteiger partial charge on any atom is -0.449 e. The first-order valence-electron chi connectivity index (χ1n) is 24.0. The summed E-state index contributed by atoms with van der Waals surface area (Å²) in [4.78, 5) is 68.1. The summed E-state index contributed by atoms with van der Waals surface area (Å²) in [7, 11) is -3.05. The third kappa shape index (κ3) is 13.1. The van der Waals surface area contributed by atoms with E-state index in [1.54, 1.807) is 26.0 Å². The van der Waals surface area contributed by atoms with E-state index in [2.05, 4.69) is 78.1 Å². The van der Waals surface area contributed by atoms with E-state index in [1.807, 2.05) is 91.0 Å². The molecule has 2 atom stereocenters. The highest BCUT2D eigenvalue weighted by Crippen LogP contribution is 2.44. The summed E-state index contributed by atoms with van der Waals surface area (Å²) < 4.78 is 18.4. The molecular formula is C57H64N6O8Si. The monoisotopic (exact) mass is 988 g/mol. The normalized spacial score (nSPS) is 12.7. The molecule has 0 saturated heterocycles. The molecule has 14 nitrogen and oxygen atoms in total. The van der Waals surface area contributed by atoms with Crippen LogP contribution in [-0.4, -0.2) is 81.6 Å². The van der Waals surface area contributed by atoms with Gasteiger partial charge in [0.1, 0.15) is 18.7 Å². The predicted octanol–water partition coefficient (Wildman–Crippen LogP) is 7.40. The number of rotatable bonds is 21. The minimum absolute atomic E-state index is 0.0344. The van der Waals surface area contributed by atoms with E-state index in [4.69, 9.17) is 32.5 Å². The summed E-state index contributed by atoms with van der Waals surface area (Å²) in [6.45, 7) is 9.96. The van der Waals surface area contributed by atoms with Gasteiger partial charge in [0.15, 0.2) is 6.61 Å². The first-order valence-corrected chi connectivity index (χ1v) is 25.9. The number of nitrogens with two attached hydrogens (primary N) is 1. The number of carbonyl (C=O) groups is 5. The van der Waals surface area contributed by atoms with Gasteiger partial charge in [-0.25, -0.2) is 14.4 Å². The number of hydrogen-bond donors (Lipinski definition) is 5. The van der Waals surface area contributed by atoms with E-state index < -0.39 is 56.4 Å². The maximum absolute atomic E-state index is 14.4. The average molecular weight is 989 g/mol. The van der Waals surface area contributed by atoms with Gasteiger partial charge in [0, 0.05) is 18.2 Å². The summed E-state index contributed by atoms with van der Waals surface area (Å²) in [6, 6.07) is 38.6. The fourth-order valence-electron chi connectivity index (χ4n) is 9.21. The molecule has 0 bridgehead atoms. The lowest BCUT2D eigenvalue weighted by atomic mass is 9.98. The van der Waals surface area contributed by atoms with Crippen molar-refractivity contribution < 1.29 is 37.9 Å². The summed E-state index contributed by atoms with van der Waals surface area (Å²) in [5, 5.41) is 12.8. The number of primary amides is 1. The molecule has 72 heavy (non-hydrogen) atoms. The number of ether oxygens (including phenoxy) is 2. The molecular weight excluding hydrogens is 925 g/mol. The number of anilines is 1. The molecule has 1 aliphatic rings. The fraction of sp³-hybridized carbons (Fsp3) is 0.316. The third-order valence-corrected chi connectivity index (χ3v) is 17.7. The molecule has 0 heterocycles. The lowest BCUT2D eigenvalue weighted by Gasteiger charge is -2.43. The molecule has 5 aromatic rings. The average Bonchev–Trinajstić information content (AvgIpc) is 3.68. The Hall–Kier alpha value is -7.85. The van der Waals surface area contributed by atoms with Gasteiger partial charge < -0.3 is 40.9 Å². The lowest BCUT2D eigenvalue weighted by molar-refractivity contribution is -0.128. The Kier molecular flexibility index (Phi) is 18.4. The van der Waals surface area contributed by atoms with E-state index in [9.17, 15) is 24.0 Å². The number of fused-ring (bicyclic) bond motifs is 3. The van der Waals surface area contributed by atoms with Gasteiger partial charge in [-0.1, -0.05) is 162 Å². The quantitative estimate of drug-likeness (QED) is 0.0286. The van der Waals surface area contributed by atoms with Gasteiger partial charge in [-0.05, 0) is 79.7 Å². The standard InChI is InChI=1S/C57H64N6O8Si/c1-8-33-63(56(68)69-34-9-2)36-41-35-42(31-30-40(41)37-71-72(57(5,6)7,43-21-12-10-13-22-43)44-23-14-11-15-24-44)60-52(64)50(29-20-32-59-54(58)66)61-53(65)51(39(3)4)62-55(67)70-38-49-47-27-18-16-25-45(47)46-26-17-19-28-48(46)49/h1-2,10-19,21-28,30-31,35,39,49-51H,20,29,32-34,36-38H2,3-7H3,(H,60,64)(H,61,65)(H,62,67)(H3,58,59,66)/t50-,51-/m0/s1. The number of hydrogen-bond acceptors (Lipinski definition) is 8. The van der Waals surface area contributed by atoms with E-state index in [1.165, 1.54) is 4.90 Å². The molecule has 0 aromatic heterocycles. The van der Waals surface area contributed by atoms with E-state index in [-0.39, 0.29) is 63.3 Å². The number of terminal acetylenes is 2. The molecule has 15 heteroatoms. The highest BCUT2D eigenvalue weighted by molar-refractivity contribution is 6.99. The molecule has 6 amide bonds. The highest BCUT2D eigenvalue weighted by atomic mass is 28.4. The van der Waals surface area contributed by atoms with Crippen molar-refractivity contribution in [1.82, 2.24) is 20.9 Å². The Morgan fingerprint density at radius 1 is 0.750 bits per heavy atom. The maximum Gasteiger partial charge on any atom is 0.411 e. The lowest BCUT2D eigenvalue weighted by Crippen LogP contribution is -2.66. The van der Waals surface area contributed by atoms with Crippen LogP contribution in [0.1, 0.15) is 75.6 Å². The minimum atomic E-state index is -3.05. The third-order valence-electron chi connectivity index (χ3n) is 12.7. The molecule has 1 aliphatic carbocycles.